The second kappa shape index (κ2) is 5.24. The van der Waals surface area contributed by atoms with Crippen LogP contribution in [0, 0.1) is 0 Å². The Kier molecular flexibility index (Phi) is 3.66. The number of nitrogens with zero attached hydrogens (tertiary/aromatic N) is 2. The Morgan fingerprint density at radius 1 is 1.37 bits per heavy atom. The fourth-order valence-electron chi connectivity index (χ4n) is 1.66. The molecule has 19 heavy (non-hydrogen) atoms. The van der Waals surface area contributed by atoms with Crippen molar-refractivity contribution >= 4 is 17.6 Å². The monoisotopic (exact) mass is 278 g/mol. The molecule has 0 saturated carbocycles. The lowest BCUT2D eigenvalue weighted by Crippen LogP contribution is -2.24. The highest BCUT2D eigenvalue weighted by atomic mass is 35.5. The maximum atomic E-state index is 11.8. The van der Waals surface area contributed by atoms with Gasteiger partial charge in [-0.2, -0.15) is 5.10 Å². The zero-order valence-electron chi connectivity index (χ0n) is 10.1. The van der Waals surface area contributed by atoms with Gasteiger partial charge in [-0.1, -0.05) is 18.5 Å². The average Bonchev–Trinajstić information content (AvgIpc) is 2.39. The van der Waals surface area contributed by atoms with E-state index in [1.807, 2.05) is 0 Å². The van der Waals surface area contributed by atoms with Crippen LogP contribution in [0.15, 0.2) is 35.3 Å². The third-order valence-electron chi connectivity index (χ3n) is 2.67. The summed E-state index contributed by atoms with van der Waals surface area (Å²) in [6, 6.07) is 6.74. The highest BCUT2D eigenvalue weighted by Gasteiger charge is 2.15. The van der Waals surface area contributed by atoms with Crippen molar-refractivity contribution in [2.75, 3.05) is 0 Å². The highest BCUT2D eigenvalue weighted by Crippen LogP contribution is 2.12. The SMILES string of the molecule is CCc1cn(-c2ccc(Cl)cc2)nc(C(=O)O)c1=O. The Labute approximate surface area is 114 Å². The van der Waals surface area contributed by atoms with E-state index in [2.05, 4.69) is 5.10 Å². The molecule has 0 bridgehead atoms. The van der Waals surface area contributed by atoms with Gasteiger partial charge in [-0.15, -0.1) is 0 Å². The van der Waals surface area contributed by atoms with E-state index < -0.39 is 17.1 Å². The molecule has 1 N–H and O–H groups in total. The van der Waals surface area contributed by atoms with Gasteiger partial charge >= 0.3 is 5.97 Å². The molecule has 2 rings (SSSR count). The lowest BCUT2D eigenvalue weighted by molar-refractivity contribution is 0.0686. The van der Waals surface area contributed by atoms with Crippen LogP contribution in [0.25, 0.3) is 5.69 Å². The Balaban J connectivity index is 2.64. The summed E-state index contributed by atoms with van der Waals surface area (Å²) in [5.41, 5.74) is 0.0264. The number of aryl methyl sites for hydroxylation is 1. The van der Waals surface area contributed by atoms with Crippen molar-refractivity contribution in [1.82, 2.24) is 9.78 Å². The number of aromatic nitrogens is 2. The molecule has 0 spiro atoms. The summed E-state index contributed by atoms with van der Waals surface area (Å²) in [5, 5.41) is 13.4. The summed E-state index contributed by atoms with van der Waals surface area (Å²) in [6.07, 6.45) is 1.98. The molecule has 0 atom stereocenters. The predicted octanol–water partition coefficient (Wildman–Crippen LogP) is 2.15. The van der Waals surface area contributed by atoms with Crippen molar-refractivity contribution in [2.45, 2.75) is 13.3 Å². The largest absolute Gasteiger partial charge is 0.476 e. The minimum Gasteiger partial charge on any atom is -0.476 e. The first kappa shape index (κ1) is 13.3. The van der Waals surface area contributed by atoms with Gasteiger partial charge in [-0.25, -0.2) is 9.48 Å². The van der Waals surface area contributed by atoms with Crippen molar-refractivity contribution in [3.63, 3.8) is 0 Å². The lowest BCUT2D eigenvalue weighted by atomic mass is 10.2. The number of benzene rings is 1. The van der Waals surface area contributed by atoms with Gasteiger partial charge in [0.15, 0.2) is 0 Å². The van der Waals surface area contributed by atoms with Crippen LogP contribution in [0.1, 0.15) is 23.0 Å². The number of hydrogen-bond donors (Lipinski definition) is 1. The van der Waals surface area contributed by atoms with Crippen LogP contribution in [0.2, 0.25) is 5.02 Å². The van der Waals surface area contributed by atoms with Gasteiger partial charge in [0.25, 0.3) is 0 Å². The van der Waals surface area contributed by atoms with E-state index in [0.717, 1.165) is 0 Å². The molecule has 1 heterocycles. The van der Waals surface area contributed by atoms with Crippen molar-refractivity contribution < 1.29 is 9.90 Å². The number of rotatable bonds is 3. The Morgan fingerprint density at radius 2 is 2.00 bits per heavy atom. The minimum atomic E-state index is -1.33. The molecule has 0 aliphatic carbocycles. The molecular formula is C13H11ClN2O3. The van der Waals surface area contributed by atoms with Crippen LogP contribution < -0.4 is 5.43 Å². The van der Waals surface area contributed by atoms with Gasteiger partial charge in [0.2, 0.25) is 11.1 Å². The number of carbonyl (C=O) groups is 1. The molecule has 0 aliphatic heterocycles. The smallest absolute Gasteiger partial charge is 0.360 e. The molecule has 0 saturated heterocycles. The van der Waals surface area contributed by atoms with Crippen molar-refractivity contribution in [3.8, 4) is 5.69 Å². The van der Waals surface area contributed by atoms with Gasteiger partial charge in [0.05, 0.1) is 5.69 Å². The molecule has 2 aromatic rings. The van der Waals surface area contributed by atoms with Gasteiger partial charge in [0, 0.05) is 16.8 Å². The van der Waals surface area contributed by atoms with Crippen LogP contribution in [-0.4, -0.2) is 20.9 Å². The van der Waals surface area contributed by atoms with Gasteiger partial charge in [-0.05, 0) is 30.7 Å². The molecule has 0 aliphatic rings. The van der Waals surface area contributed by atoms with Crippen LogP contribution in [0.3, 0.4) is 0 Å². The van der Waals surface area contributed by atoms with E-state index in [9.17, 15) is 9.59 Å². The van der Waals surface area contributed by atoms with Crippen molar-refractivity contribution in [3.05, 3.63) is 57.0 Å². The first-order valence-corrected chi connectivity index (χ1v) is 6.02. The van der Waals surface area contributed by atoms with Crippen LogP contribution in [0.4, 0.5) is 0 Å². The summed E-state index contributed by atoms with van der Waals surface area (Å²) in [5.74, 6) is -1.33. The van der Waals surface area contributed by atoms with Crippen LogP contribution in [-0.2, 0) is 6.42 Å². The molecule has 0 unspecified atom stereocenters. The summed E-state index contributed by atoms with van der Waals surface area (Å²) >= 11 is 5.79. The molecule has 1 aromatic heterocycles. The number of aromatic carboxylic acids is 1. The van der Waals surface area contributed by atoms with Crippen LogP contribution >= 0.6 is 11.6 Å². The molecular weight excluding hydrogens is 268 g/mol. The zero-order valence-corrected chi connectivity index (χ0v) is 10.9. The summed E-state index contributed by atoms with van der Waals surface area (Å²) < 4.78 is 1.38. The van der Waals surface area contributed by atoms with Gasteiger partial charge < -0.3 is 5.11 Å². The predicted molar refractivity (Wildman–Crippen MR) is 71.2 cm³/mol. The third kappa shape index (κ3) is 2.66. The second-order valence-electron chi connectivity index (χ2n) is 3.91. The third-order valence-corrected chi connectivity index (χ3v) is 2.92. The molecule has 98 valence electrons. The van der Waals surface area contributed by atoms with Gasteiger partial charge in [0.1, 0.15) is 0 Å². The molecule has 1 aromatic carbocycles. The van der Waals surface area contributed by atoms with E-state index in [4.69, 9.17) is 16.7 Å². The van der Waals surface area contributed by atoms with E-state index in [-0.39, 0.29) is 0 Å². The topological polar surface area (TPSA) is 72.2 Å². The first-order valence-electron chi connectivity index (χ1n) is 5.65. The maximum absolute atomic E-state index is 11.8. The lowest BCUT2D eigenvalue weighted by Gasteiger charge is -2.08. The number of carboxylic acid groups (broad SMARTS) is 1. The summed E-state index contributed by atoms with van der Waals surface area (Å²) in [4.78, 5) is 22.8. The fourth-order valence-corrected chi connectivity index (χ4v) is 1.78. The normalized spacial score (nSPS) is 10.4. The molecule has 0 radical (unpaired) electrons. The highest BCUT2D eigenvalue weighted by molar-refractivity contribution is 6.30. The van der Waals surface area contributed by atoms with Gasteiger partial charge in [-0.3, -0.25) is 4.79 Å². The van der Waals surface area contributed by atoms with Crippen LogP contribution in [0.5, 0.6) is 0 Å². The summed E-state index contributed by atoms with van der Waals surface area (Å²) in [6.45, 7) is 1.79. The minimum absolute atomic E-state index is 0.405. The number of hydrogen-bond acceptors (Lipinski definition) is 3. The van der Waals surface area contributed by atoms with Crippen molar-refractivity contribution in [1.29, 1.82) is 0 Å². The molecule has 5 nitrogen and oxygen atoms in total. The fraction of sp³-hybridized carbons (Fsp3) is 0.154. The average molecular weight is 279 g/mol. The Hall–Kier alpha value is -2.14. The molecule has 0 amide bonds. The Morgan fingerprint density at radius 3 is 2.53 bits per heavy atom. The van der Waals surface area contributed by atoms with E-state index in [0.29, 0.717) is 22.7 Å². The van der Waals surface area contributed by atoms with E-state index in [1.54, 1.807) is 31.2 Å². The molecule has 0 fully saturated rings. The van der Waals surface area contributed by atoms with E-state index in [1.165, 1.54) is 10.9 Å². The first-order chi connectivity index (χ1) is 9.02. The zero-order chi connectivity index (χ0) is 14.0. The van der Waals surface area contributed by atoms with Crippen molar-refractivity contribution in [2.24, 2.45) is 0 Å². The number of halogens is 1. The molecule has 6 heteroatoms. The maximum Gasteiger partial charge on any atom is 0.360 e. The Bertz CT molecular complexity index is 677. The second-order valence-corrected chi connectivity index (χ2v) is 4.35. The quantitative estimate of drug-likeness (QED) is 0.934. The summed E-state index contributed by atoms with van der Waals surface area (Å²) in [7, 11) is 0. The van der Waals surface area contributed by atoms with E-state index >= 15 is 0 Å². The standard InChI is InChI=1S/C13H11ClN2O3/c1-2-8-7-16(10-5-3-9(14)4-6-10)15-11(12(8)17)13(18)19/h3-7H,2H2,1H3,(H,18,19). The number of carboxylic acids is 1.